The van der Waals surface area contributed by atoms with Crippen LogP contribution in [-0.2, 0) is 29.9 Å². The molecule has 78 heavy (non-hydrogen) atoms. The molecular formula is C58H74ClF3N7O9+. The van der Waals surface area contributed by atoms with Crippen molar-refractivity contribution in [1.82, 2.24) is 21.1 Å². The number of aliphatic imine (C=N–C) groups is 1. The van der Waals surface area contributed by atoms with E-state index >= 15 is 0 Å². The van der Waals surface area contributed by atoms with Gasteiger partial charge in [0.2, 0.25) is 23.7 Å². The molecule has 0 bridgehead atoms. The molecule has 2 fully saturated rings. The molecule has 5 aliphatic heterocycles. The number of benzene rings is 2. The lowest BCUT2D eigenvalue weighted by molar-refractivity contribution is -0.438. The number of nitrogens with zero attached hydrogens (tertiary/aromatic N) is 4. The van der Waals surface area contributed by atoms with E-state index in [4.69, 9.17) is 21.1 Å². The van der Waals surface area contributed by atoms with Gasteiger partial charge in [0.05, 0.1) is 18.6 Å². The van der Waals surface area contributed by atoms with E-state index in [1.165, 1.54) is 23.4 Å². The van der Waals surface area contributed by atoms with E-state index in [-0.39, 0.29) is 47.1 Å². The van der Waals surface area contributed by atoms with Gasteiger partial charge in [-0.1, -0.05) is 87.0 Å². The van der Waals surface area contributed by atoms with Crippen LogP contribution in [0.2, 0.25) is 0 Å². The van der Waals surface area contributed by atoms with Crippen molar-refractivity contribution in [1.29, 1.82) is 0 Å². The average molecular weight is 1100 g/mol. The predicted octanol–water partition coefficient (Wildman–Crippen LogP) is 6.95. The number of para-hydroxylation sites is 2. The van der Waals surface area contributed by atoms with Gasteiger partial charge in [0.25, 0.3) is 0 Å². The fourth-order valence-electron chi connectivity index (χ4n) is 11.3. The highest BCUT2D eigenvalue weighted by atomic mass is 35.5. The van der Waals surface area contributed by atoms with Crippen LogP contribution in [0.15, 0.2) is 124 Å². The summed E-state index contributed by atoms with van der Waals surface area (Å²) in [4.78, 5) is 33.2. The van der Waals surface area contributed by atoms with E-state index in [2.05, 4.69) is 126 Å². The lowest BCUT2D eigenvalue weighted by Crippen LogP contribution is -2.63. The molecule has 0 saturated carbocycles. The number of halogens is 4. The number of rotatable bonds is 20. The van der Waals surface area contributed by atoms with Crippen LogP contribution < -0.4 is 21.1 Å². The minimum Gasteiger partial charge on any atom is -0.394 e. The minimum atomic E-state index is -3.70. The zero-order chi connectivity index (χ0) is 56.1. The standard InChI is InChI=1S/C58H73ClF3N7O9/c1-35-63-46(29-32-67(35)55-58(61,62)53(76)43(34-71)78-55)64-47(72)23-8-6-14-30-68-40-21-12-10-19-38(40)56(2,3)44(68)27-25-36-17-16-18-37(49(36)59)26-28-45-57(4,5)39-20-11-13-22-41(39)69(45)31-15-7-9-24-48(73)65-66-54-50(60)52(75)51(74)42(33-70)77-54/h10-13,19-22,25-29,32,42-43,50-55,66,70-71,74-76H,1,6-9,14-18,23-24,30-31,33-34H2,2-5H3,(H-,63,64,65,72,73)/p+1/t42?,43?,50?,51-,52-,53?,54-,55?/m1/s1/i60-1. The quantitative estimate of drug-likeness (QED) is 0.0385. The van der Waals surface area contributed by atoms with Crippen molar-refractivity contribution in [3.05, 3.63) is 131 Å². The summed E-state index contributed by atoms with van der Waals surface area (Å²) in [7, 11) is 0. The number of carbonyl (C=O) groups excluding carboxylic acids is 2. The molecule has 8 N–H and O–H groups in total. The number of ether oxygens (including phenoxy) is 2. The molecule has 20 heteroatoms. The number of anilines is 1. The normalized spacial score (nSPS) is 28.3. The topological polar surface area (TPSA) is 212 Å². The van der Waals surface area contributed by atoms with Gasteiger partial charge in [-0.3, -0.25) is 15.0 Å². The summed E-state index contributed by atoms with van der Waals surface area (Å²) in [6.45, 7) is 12.7. The number of amides is 2. The molecule has 16 nitrogen and oxygen atoms in total. The maximum atomic E-state index is 14.8. The van der Waals surface area contributed by atoms with Crippen molar-refractivity contribution in [2.24, 2.45) is 4.99 Å². The number of fused-ring (bicyclic) bond motifs is 2. The molecule has 2 aromatic carbocycles. The van der Waals surface area contributed by atoms with Crippen LogP contribution in [0.5, 0.6) is 0 Å². The fourth-order valence-corrected chi connectivity index (χ4v) is 11.6. The Kier molecular flexibility index (Phi) is 18.7. The fraction of sp³-hybridized carbons (Fsp3) is 0.517. The molecule has 1 aliphatic carbocycles. The number of aliphatic hydroxyl groups is 5. The molecule has 0 spiro atoms. The van der Waals surface area contributed by atoms with Crippen LogP contribution in [0.1, 0.15) is 109 Å². The van der Waals surface area contributed by atoms with Crippen LogP contribution >= 0.6 is 11.6 Å². The number of amidine groups is 1. The third kappa shape index (κ3) is 12.3. The molecule has 8 atom stereocenters. The molecular weight excluding hydrogens is 1030 g/mol. The molecule has 0 radical (unpaired) electrons. The van der Waals surface area contributed by atoms with Gasteiger partial charge in [0.15, 0.2) is 24.2 Å². The Hall–Kier alpha value is -5.48. The lowest BCUT2D eigenvalue weighted by Gasteiger charge is -2.38. The highest BCUT2D eigenvalue weighted by molar-refractivity contribution is 6.32. The summed E-state index contributed by atoms with van der Waals surface area (Å²) in [5.41, 5.74) is 13.4. The summed E-state index contributed by atoms with van der Waals surface area (Å²) >= 11 is 7.33. The highest BCUT2D eigenvalue weighted by Crippen LogP contribution is 2.48. The number of carbonyl (C=O) groups is 2. The van der Waals surface area contributed by atoms with Gasteiger partial charge in [-0.15, -0.1) is 0 Å². The number of hydrogen-bond acceptors (Lipinski definition) is 13. The smallest absolute Gasteiger partial charge is 0.320 e. The third-order valence-corrected chi connectivity index (χ3v) is 16.2. The van der Waals surface area contributed by atoms with Gasteiger partial charge >= 0.3 is 5.92 Å². The molecule has 0 aromatic heterocycles. The summed E-state index contributed by atoms with van der Waals surface area (Å²) in [6.07, 6.45) is 5.06. The van der Waals surface area contributed by atoms with Gasteiger partial charge in [-0.2, -0.15) is 13.4 Å². The van der Waals surface area contributed by atoms with Crippen molar-refractivity contribution in [2.75, 3.05) is 31.2 Å². The zero-order valence-corrected chi connectivity index (χ0v) is 45.4. The van der Waals surface area contributed by atoms with E-state index in [9.17, 15) is 48.3 Å². The second-order valence-electron chi connectivity index (χ2n) is 21.8. The Bertz CT molecular complexity index is 2790. The first-order valence-electron chi connectivity index (χ1n) is 27.0. The molecule has 422 valence electrons. The minimum absolute atomic E-state index is 0.114. The van der Waals surface area contributed by atoms with Gasteiger partial charge in [-0.05, 0) is 93.7 Å². The summed E-state index contributed by atoms with van der Waals surface area (Å²) in [6, 6.07) is 16.8. The lowest BCUT2D eigenvalue weighted by atomic mass is 9.81. The molecule has 8 rings (SSSR count). The van der Waals surface area contributed by atoms with E-state index in [1.807, 2.05) is 12.1 Å². The van der Waals surface area contributed by atoms with Crippen molar-refractivity contribution in [2.45, 2.75) is 164 Å². The number of unbranched alkanes of at least 4 members (excludes halogenated alkanes) is 4. The van der Waals surface area contributed by atoms with Crippen LogP contribution in [0.4, 0.5) is 24.5 Å². The van der Waals surface area contributed by atoms with E-state index in [1.54, 1.807) is 0 Å². The third-order valence-electron chi connectivity index (χ3n) is 15.7. The van der Waals surface area contributed by atoms with Crippen LogP contribution in [0.25, 0.3) is 0 Å². The van der Waals surface area contributed by atoms with Crippen molar-refractivity contribution in [3.8, 4) is 0 Å². The van der Waals surface area contributed by atoms with Gasteiger partial charge in [-0.25, -0.2) is 14.8 Å². The molecule has 2 amide bonds. The Morgan fingerprint density at radius 2 is 1.55 bits per heavy atom. The molecule has 2 saturated heterocycles. The van der Waals surface area contributed by atoms with E-state index in [0.717, 1.165) is 102 Å². The zero-order valence-electron chi connectivity index (χ0n) is 44.7. The van der Waals surface area contributed by atoms with Crippen LogP contribution in [-0.4, -0.2) is 140 Å². The first kappa shape index (κ1) is 58.7. The number of aliphatic hydroxyl groups excluding tert-OH is 5. The van der Waals surface area contributed by atoms with Crippen molar-refractivity contribution >= 4 is 46.3 Å². The number of nitrogens with one attached hydrogen (secondary N) is 3. The Labute approximate surface area is 459 Å². The second-order valence-corrected chi connectivity index (χ2v) is 22.2. The number of allylic oxidation sites excluding steroid dienone is 8. The monoisotopic (exact) mass is 1100 g/mol. The Balaban J connectivity index is 0.875. The summed E-state index contributed by atoms with van der Waals surface area (Å²) in [5, 5.41) is 52.1. The molecule has 5 heterocycles. The first-order valence-corrected chi connectivity index (χ1v) is 27.4. The second kappa shape index (κ2) is 24.9. The number of alkyl halides is 3. The number of hydrazine groups is 1. The maximum absolute atomic E-state index is 14.8. The van der Waals surface area contributed by atoms with Crippen molar-refractivity contribution < 1.29 is 62.3 Å². The van der Waals surface area contributed by atoms with Crippen LogP contribution in [0, 0.1) is 0 Å². The number of hydrogen-bond donors (Lipinski definition) is 8. The van der Waals surface area contributed by atoms with Crippen molar-refractivity contribution in [3.63, 3.8) is 0 Å². The molecule has 2 aromatic rings. The molecule has 6 aliphatic rings. The van der Waals surface area contributed by atoms with E-state index in [0.29, 0.717) is 12.8 Å². The highest BCUT2D eigenvalue weighted by Gasteiger charge is 2.60. The van der Waals surface area contributed by atoms with Gasteiger partial charge < -0.3 is 50.1 Å². The van der Waals surface area contributed by atoms with Crippen LogP contribution in [0.3, 0.4) is 0 Å². The molecule has 5 unspecified atom stereocenters. The SMILES string of the molecule is C=C1N=C(NC(=O)CCCCCN2/C(=C/C=C3\CCCC(/C=C/C4=[N+](CCCCCC(=O)NN[C@@H]5OC(CO)[C@@H](O)[C@H](O)C5[18F])c5ccccc5C4(C)C)=C3Cl)C(C)(C)c3ccccc32)C=CN1C1OC(CO)C(O)C1(F)F. The van der Waals surface area contributed by atoms with E-state index < -0.39 is 68.3 Å². The first-order chi connectivity index (χ1) is 37.2. The predicted molar refractivity (Wildman–Crippen MR) is 291 cm³/mol. The summed E-state index contributed by atoms with van der Waals surface area (Å²) in [5.74, 6) is -4.33. The van der Waals surface area contributed by atoms with Gasteiger partial charge in [0, 0.05) is 71.5 Å². The Morgan fingerprint density at radius 1 is 0.859 bits per heavy atom. The largest absolute Gasteiger partial charge is 0.394 e. The maximum Gasteiger partial charge on any atom is 0.320 e. The summed E-state index contributed by atoms with van der Waals surface area (Å²) < 4.78 is 56.9. The Morgan fingerprint density at radius 3 is 2.27 bits per heavy atom. The average Bonchev–Trinajstić information content (AvgIpc) is 4.09. The van der Waals surface area contributed by atoms with Gasteiger partial charge in [0.1, 0.15) is 42.6 Å².